The molecular weight excluding hydrogens is 563 g/mol. The molecule has 12 heteroatoms. The number of anilines is 1. The van der Waals surface area contributed by atoms with Gasteiger partial charge in [-0.25, -0.2) is 13.4 Å². The van der Waals surface area contributed by atoms with Gasteiger partial charge in [-0.05, 0) is 42.8 Å². The van der Waals surface area contributed by atoms with E-state index in [1.807, 2.05) is 24.3 Å². The van der Waals surface area contributed by atoms with E-state index in [9.17, 15) is 22.8 Å². The molecule has 0 radical (unpaired) electrons. The number of carbonyl (C=O) groups excluding carboxylic acids is 3. The molecule has 3 aromatic carbocycles. The van der Waals surface area contributed by atoms with E-state index in [0.717, 1.165) is 16.7 Å². The van der Waals surface area contributed by atoms with E-state index >= 15 is 0 Å². The van der Waals surface area contributed by atoms with Gasteiger partial charge in [-0.1, -0.05) is 47.5 Å². The number of nitrogens with zero attached hydrogens (tertiary/aromatic N) is 3. The lowest BCUT2D eigenvalue weighted by Gasteiger charge is -2.25. The normalized spacial score (nSPS) is 14.0. The van der Waals surface area contributed by atoms with E-state index in [-0.39, 0.29) is 27.6 Å². The van der Waals surface area contributed by atoms with Gasteiger partial charge in [0.15, 0.2) is 0 Å². The third kappa shape index (κ3) is 5.49. The van der Waals surface area contributed by atoms with Gasteiger partial charge >= 0.3 is 0 Å². The summed E-state index contributed by atoms with van der Waals surface area (Å²) in [5, 5.41) is 2.86. The van der Waals surface area contributed by atoms with Crippen LogP contribution in [-0.4, -0.2) is 59.1 Å². The van der Waals surface area contributed by atoms with Gasteiger partial charge in [0.25, 0.3) is 11.8 Å². The van der Waals surface area contributed by atoms with Crippen molar-refractivity contribution in [3.05, 3.63) is 88.0 Å². The number of hydrogen-bond donors (Lipinski definition) is 1. The molecule has 9 nitrogen and oxygen atoms in total. The summed E-state index contributed by atoms with van der Waals surface area (Å²) in [6, 6.07) is 15.3. The minimum Gasteiger partial charge on any atom is -0.324 e. The van der Waals surface area contributed by atoms with Gasteiger partial charge in [-0.2, -0.15) is 0 Å². The lowest BCUT2D eigenvalue weighted by Crippen LogP contribution is -2.48. The van der Waals surface area contributed by atoms with Crippen molar-refractivity contribution in [1.82, 2.24) is 14.9 Å². The van der Waals surface area contributed by atoms with Crippen LogP contribution in [0.1, 0.15) is 27.1 Å². The number of fused-ring (bicyclic) bond motifs is 2. The van der Waals surface area contributed by atoms with Crippen molar-refractivity contribution >= 4 is 67.5 Å². The molecule has 5 rings (SSSR count). The van der Waals surface area contributed by atoms with E-state index in [1.54, 1.807) is 30.5 Å². The second-order valence-electron chi connectivity index (χ2n) is 9.04. The summed E-state index contributed by atoms with van der Waals surface area (Å²) < 4.78 is 23.9. The molecule has 0 saturated heterocycles. The standard InChI is InChI=1S/C27H20Cl2N4O5S/c1-39(37,38)10-9-24(33-26(35)17-12-19(28)20(29)13-18(17)27(33)36)25(34)31-16-6-4-5-15(11-16)23-14-30-21-7-2-3-8-22(21)32-23/h2-8,11-14,24H,9-10H2,1H3,(H,31,34). The Balaban J connectivity index is 1.45. The van der Waals surface area contributed by atoms with Gasteiger partial charge < -0.3 is 5.32 Å². The lowest BCUT2D eigenvalue weighted by atomic mass is 10.1. The number of benzene rings is 3. The lowest BCUT2D eigenvalue weighted by molar-refractivity contribution is -0.120. The highest BCUT2D eigenvalue weighted by Gasteiger charge is 2.43. The van der Waals surface area contributed by atoms with Crippen LogP contribution in [0.3, 0.4) is 0 Å². The van der Waals surface area contributed by atoms with Crippen LogP contribution in [0.2, 0.25) is 10.0 Å². The van der Waals surface area contributed by atoms with E-state index < -0.39 is 39.4 Å². The zero-order chi connectivity index (χ0) is 27.9. The highest BCUT2D eigenvalue weighted by atomic mass is 35.5. The van der Waals surface area contributed by atoms with E-state index in [0.29, 0.717) is 22.5 Å². The number of aromatic nitrogens is 2. The van der Waals surface area contributed by atoms with Gasteiger partial charge in [0.1, 0.15) is 15.9 Å². The van der Waals surface area contributed by atoms with Crippen LogP contribution in [0.5, 0.6) is 0 Å². The molecule has 0 saturated carbocycles. The molecule has 4 aromatic rings. The minimum atomic E-state index is -3.52. The maximum atomic E-state index is 13.5. The average molecular weight is 583 g/mol. The molecule has 0 fully saturated rings. The Morgan fingerprint density at radius 2 is 1.59 bits per heavy atom. The first-order valence-electron chi connectivity index (χ1n) is 11.7. The number of amides is 3. The average Bonchev–Trinajstić information content (AvgIpc) is 3.12. The number of imide groups is 1. The first kappa shape index (κ1) is 26.7. The maximum absolute atomic E-state index is 13.5. The Morgan fingerprint density at radius 3 is 2.23 bits per heavy atom. The van der Waals surface area contributed by atoms with Crippen LogP contribution in [0, 0.1) is 0 Å². The molecule has 1 atom stereocenters. The third-order valence-corrected chi connectivity index (χ3v) is 7.91. The number of carbonyl (C=O) groups is 3. The van der Waals surface area contributed by atoms with Gasteiger partial charge in [-0.15, -0.1) is 0 Å². The van der Waals surface area contributed by atoms with Crippen LogP contribution >= 0.6 is 23.2 Å². The molecule has 0 aliphatic carbocycles. The largest absolute Gasteiger partial charge is 0.324 e. The summed E-state index contributed by atoms with van der Waals surface area (Å²) >= 11 is 12.1. The third-order valence-electron chi connectivity index (χ3n) is 6.21. The highest BCUT2D eigenvalue weighted by Crippen LogP contribution is 2.33. The Labute approximate surface area is 233 Å². The van der Waals surface area contributed by atoms with Crippen LogP contribution in [0.4, 0.5) is 5.69 Å². The number of para-hydroxylation sites is 2. The van der Waals surface area contributed by atoms with Crippen molar-refractivity contribution in [2.75, 3.05) is 17.3 Å². The van der Waals surface area contributed by atoms with E-state index in [1.165, 1.54) is 12.1 Å². The second kappa shape index (κ2) is 10.4. The maximum Gasteiger partial charge on any atom is 0.262 e. The summed E-state index contributed by atoms with van der Waals surface area (Å²) in [7, 11) is -3.52. The van der Waals surface area contributed by atoms with Gasteiger partial charge in [0.05, 0.1) is 49.8 Å². The van der Waals surface area contributed by atoms with E-state index in [2.05, 4.69) is 15.3 Å². The molecule has 1 aliphatic rings. The van der Waals surface area contributed by atoms with Crippen molar-refractivity contribution < 1.29 is 22.8 Å². The zero-order valence-corrected chi connectivity index (χ0v) is 22.7. The quantitative estimate of drug-likeness (QED) is 0.314. The van der Waals surface area contributed by atoms with Gasteiger partial charge in [-0.3, -0.25) is 24.3 Å². The molecule has 1 unspecified atom stereocenters. The topological polar surface area (TPSA) is 126 Å². The van der Waals surface area contributed by atoms with Gasteiger partial charge in [0.2, 0.25) is 5.91 Å². The van der Waals surface area contributed by atoms with Crippen molar-refractivity contribution in [2.45, 2.75) is 12.5 Å². The predicted molar refractivity (Wildman–Crippen MR) is 149 cm³/mol. The first-order chi connectivity index (χ1) is 18.5. The SMILES string of the molecule is CS(=O)(=O)CCC(C(=O)Nc1cccc(-c2cnc3ccccc3n2)c1)N1C(=O)c2cc(Cl)c(Cl)cc2C1=O. The molecule has 2 heterocycles. The fourth-order valence-electron chi connectivity index (χ4n) is 4.32. The molecule has 1 N–H and O–H groups in total. The smallest absolute Gasteiger partial charge is 0.262 e. The summed E-state index contributed by atoms with van der Waals surface area (Å²) in [6.07, 6.45) is 2.33. The monoisotopic (exact) mass is 582 g/mol. The summed E-state index contributed by atoms with van der Waals surface area (Å²) in [5.41, 5.74) is 3.03. The summed E-state index contributed by atoms with van der Waals surface area (Å²) in [5.74, 6) is -2.68. The Kier molecular flexibility index (Phi) is 7.11. The highest BCUT2D eigenvalue weighted by molar-refractivity contribution is 7.90. The van der Waals surface area contributed by atoms with Crippen LogP contribution in [0.25, 0.3) is 22.3 Å². The van der Waals surface area contributed by atoms with Crippen molar-refractivity contribution in [1.29, 1.82) is 0 Å². The number of hydrogen-bond acceptors (Lipinski definition) is 7. The Bertz CT molecular complexity index is 1740. The van der Waals surface area contributed by atoms with Crippen molar-refractivity contribution in [3.8, 4) is 11.3 Å². The first-order valence-corrected chi connectivity index (χ1v) is 14.5. The number of sulfone groups is 1. The zero-order valence-electron chi connectivity index (χ0n) is 20.4. The molecule has 1 aliphatic heterocycles. The molecule has 0 spiro atoms. The predicted octanol–water partition coefficient (Wildman–Crippen LogP) is 4.64. The molecule has 198 valence electrons. The number of rotatable bonds is 7. The van der Waals surface area contributed by atoms with Crippen LogP contribution in [-0.2, 0) is 14.6 Å². The van der Waals surface area contributed by atoms with Crippen molar-refractivity contribution in [3.63, 3.8) is 0 Å². The second-order valence-corrected chi connectivity index (χ2v) is 12.1. The fraction of sp³-hybridized carbons (Fsp3) is 0.148. The number of halogens is 2. The summed E-state index contributed by atoms with van der Waals surface area (Å²) in [6.45, 7) is 0. The van der Waals surface area contributed by atoms with Crippen LogP contribution < -0.4 is 5.32 Å². The van der Waals surface area contributed by atoms with Crippen LogP contribution in [0.15, 0.2) is 66.9 Å². The van der Waals surface area contributed by atoms with E-state index in [4.69, 9.17) is 23.2 Å². The number of nitrogens with one attached hydrogen (secondary N) is 1. The fourth-order valence-corrected chi connectivity index (χ4v) is 5.30. The van der Waals surface area contributed by atoms with Gasteiger partial charge in [0, 0.05) is 17.5 Å². The molecule has 39 heavy (non-hydrogen) atoms. The minimum absolute atomic E-state index is 0.0107. The molecule has 1 aromatic heterocycles. The summed E-state index contributed by atoms with van der Waals surface area (Å²) in [4.78, 5) is 49.7. The Hall–Kier alpha value is -3.86. The molecular formula is C27H20Cl2N4O5S. The van der Waals surface area contributed by atoms with Crippen molar-refractivity contribution in [2.24, 2.45) is 0 Å². The molecule has 0 bridgehead atoms. The Morgan fingerprint density at radius 1 is 0.949 bits per heavy atom. The molecule has 3 amide bonds.